The van der Waals surface area contributed by atoms with E-state index in [1.54, 1.807) is 12.1 Å². The maximum Gasteiger partial charge on any atom is 0.433 e. The van der Waals surface area contributed by atoms with Gasteiger partial charge in [-0.15, -0.1) is 0 Å². The minimum Gasteiger partial charge on any atom is -0.218 e. The quantitative estimate of drug-likeness (QED) is 0.593. The van der Waals surface area contributed by atoms with Gasteiger partial charge < -0.3 is 0 Å². The van der Waals surface area contributed by atoms with Gasteiger partial charge in [0, 0.05) is 5.56 Å². The van der Waals surface area contributed by atoms with Crippen LogP contribution < -0.4 is 0 Å². The zero-order valence-electron chi connectivity index (χ0n) is 10.5. The van der Waals surface area contributed by atoms with Gasteiger partial charge >= 0.3 is 6.18 Å². The van der Waals surface area contributed by atoms with Crippen molar-refractivity contribution < 1.29 is 13.2 Å². The second-order valence-electron chi connectivity index (χ2n) is 4.43. The summed E-state index contributed by atoms with van der Waals surface area (Å²) in [6.07, 6.45) is -4.56. The first-order chi connectivity index (χ1) is 9.95. The molecule has 0 unspecified atom stereocenters. The van der Waals surface area contributed by atoms with Crippen molar-refractivity contribution >= 4 is 22.4 Å². The lowest BCUT2D eigenvalue weighted by Gasteiger charge is -2.10. The molecule has 0 aliphatic heterocycles. The molecule has 0 saturated heterocycles. The van der Waals surface area contributed by atoms with Gasteiger partial charge in [0.25, 0.3) is 0 Å². The molecule has 106 valence electrons. The zero-order chi connectivity index (χ0) is 15.0. The number of rotatable bonds is 1. The first-order valence-corrected chi connectivity index (χ1v) is 6.43. The van der Waals surface area contributed by atoms with Crippen LogP contribution in [-0.4, -0.2) is 9.97 Å². The Hall–Kier alpha value is -2.14. The van der Waals surface area contributed by atoms with E-state index >= 15 is 0 Å². The summed E-state index contributed by atoms with van der Waals surface area (Å²) in [7, 11) is 0. The minimum atomic E-state index is -4.56. The molecule has 0 aliphatic rings. The summed E-state index contributed by atoms with van der Waals surface area (Å²) >= 11 is 5.63. The molecular weight excluding hydrogens is 301 g/mol. The summed E-state index contributed by atoms with van der Waals surface area (Å²) in [5.41, 5.74) is -0.313. The van der Waals surface area contributed by atoms with E-state index in [-0.39, 0.29) is 5.69 Å². The molecule has 0 spiro atoms. The number of hydrogen-bond donors (Lipinski definition) is 0. The van der Waals surface area contributed by atoms with Crippen molar-refractivity contribution in [3.63, 3.8) is 0 Å². The number of aromatic nitrogens is 2. The van der Waals surface area contributed by atoms with Gasteiger partial charge in [-0.1, -0.05) is 42.5 Å². The number of hydrogen-bond acceptors (Lipinski definition) is 2. The summed E-state index contributed by atoms with van der Waals surface area (Å²) in [5, 5.41) is 1.30. The summed E-state index contributed by atoms with van der Waals surface area (Å²) in [6.45, 7) is 0. The largest absolute Gasteiger partial charge is 0.433 e. The third-order valence-electron chi connectivity index (χ3n) is 3.05. The first-order valence-electron chi connectivity index (χ1n) is 6.05. The molecule has 0 radical (unpaired) electrons. The van der Waals surface area contributed by atoms with Gasteiger partial charge in [0.2, 0.25) is 5.28 Å². The van der Waals surface area contributed by atoms with Crippen molar-refractivity contribution in [2.75, 3.05) is 0 Å². The normalized spacial score (nSPS) is 11.8. The monoisotopic (exact) mass is 308 g/mol. The molecule has 21 heavy (non-hydrogen) atoms. The third-order valence-corrected chi connectivity index (χ3v) is 3.22. The highest BCUT2D eigenvalue weighted by Gasteiger charge is 2.33. The van der Waals surface area contributed by atoms with E-state index in [9.17, 15) is 13.2 Å². The number of halogens is 4. The fraction of sp³-hybridized carbons (Fsp3) is 0.0667. The van der Waals surface area contributed by atoms with Crippen molar-refractivity contribution in [3.8, 4) is 11.3 Å². The number of alkyl halides is 3. The van der Waals surface area contributed by atoms with Gasteiger partial charge in [0.05, 0.1) is 5.69 Å². The van der Waals surface area contributed by atoms with Crippen LogP contribution in [0.4, 0.5) is 13.2 Å². The molecule has 0 amide bonds. The molecule has 1 heterocycles. The topological polar surface area (TPSA) is 25.8 Å². The lowest BCUT2D eigenvalue weighted by atomic mass is 10.0. The molecule has 0 aliphatic carbocycles. The fourth-order valence-corrected chi connectivity index (χ4v) is 2.33. The van der Waals surface area contributed by atoms with Crippen LogP contribution in [0.3, 0.4) is 0 Å². The van der Waals surface area contributed by atoms with Crippen molar-refractivity contribution in [3.05, 3.63) is 59.5 Å². The van der Waals surface area contributed by atoms with Crippen LogP contribution in [0.1, 0.15) is 5.69 Å². The highest BCUT2D eigenvalue weighted by molar-refractivity contribution is 6.28. The maximum absolute atomic E-state index is 12.8. The molecule has 3 rings (SSSR count). The van der Waals surface area contributed by atoms with Gasteiger partial charge in [-0.3, -0.25) is 0 Å². The van der Waals surface area contributed by atoms with Crippen LogP contribution in [-0.2, 0) is 6.18 Å². The number of benzene rings is 2. The summed E-state index contributed by atoms with van der Waals surface area (Å²) in [4.78, 5) is 7.16. The number of nitrogens with zero attached hydrogens (tertiary/aromatic N) is 2. The summed E-state index contributed by atoms with van der Waals surface area (Å²) in [5.74, 6) is 0. The SMILES string of the molecule is FC(F)(F)c1cc(-c2cccc3ccccc23)nc(Cl)n1. The Bertz CT molecular complexity index is 810. The van der Waals surface area contributed by atoms with E-state index in [2.05, 4.69) is 9.97 Å². The molecule has 0 bridgehead atoms. The molecule has 2 nitrogen and oxygen atoms in total. The minimum absolute atomic E-state index is 0.152. The van der Waals surface area contributed by atoms with Gasteiger partial charge in [-0.05, 0) is 28.4 Å². The Morgan fingerprint density at radius 3 is 2.38 bits per heavy atom. The highest BCUT2D eigenvalue weighted by atomic mass is 35.5. The van der Waals surface area contributed by atoms with Crippen LogP contribution in [0, 0.1) is 0 Å². The summed E-state index contributed by atoms with van der Waals surface area (Å²) < 4.78 is 38.5. The lowest BCUT2D eigenvalue weighted by molar-refractivity contribution is -0.141. The second-order valence-corrected chi connectivity index (χ2v) is 4.77. The van der Waals surface area contributed by atoms with Gasteiger partial charge in [-0.25, -0.2) is 9.97 Å². The van der Waals surface area contributed by atoms with Crippen molar-refractivity contribution in [2.24, 2.45) is 0 Å². The zero-order valence-corrected chi connectivity index (χ0v) is 11.3. The van der Waals surface area contributed by atoms with E-state index < -0.39 is 17.2 Å². The lowest BCUT2D eigenvalue weighted by Crippen LogP contribution is -2.09. The van der Waals surface area contributed by atoms with Gasteiger partial charge in [0.1, 0.15) is 5.69 Å². The van der Waals surface area contributed by atoms with Crippen LogP contribution in [0.2, 0.25) is 5.28 Å². The van der Waals surface area contributed by atoms with Crippen LogP contribution in [0.5, 0.6) is 0 Å². The average Bonchev–Trinajstić information content (AvgIpc) is 2.45. The predicted molar refractivity (Wildman–Crippen MR) is 75.0 cm³/mol. The van der Waals surface area contributed by atoms with Gasteiger partial charge in [-0.2, -0.15) is 13.2 Å². The molecule has 0 atom stereocenters. The van der Waals surface area contributed by atoms with Crippen LogP contribution >= 0.6 is 11.6 Å². The standard InChI is InChI=1S/C15H8ClF3N2/c16-14-20-12(8-13(21-14)15(17,18)19)11-7-3-5-9-4-1-2-6-10(9)11/h1-8H. The van der Waals surface area contributed by atoms with Crippen LogP contribution in [0.25, 0.3) is 22.0 Å². The van der Waals surface area contributed by atoms with Gasteiger partial charge in [0.15, 0.2) is 0 Å². The average molecular weight is 309 g/mol. The third kappa shape index (κ3) is 2.69. The smallest absolute Gasteiger partial charge is 0.218 e. The Kier molecular flexibility index (Phi) is 3.29. The van der Waals surface area contributed by atoms with E-state index in [1.165, 1.54) is 0 Å². The Balaban J connectivity index is 2.26. The van der Waals surface area contributed by atoms with E-state index in [4.69, 9.17) is 11.6 Å². The van der Waals surface area contributed by atoms with Crippen molar-refractivity contribution in [2.45, 2.75) is 6.18 Å². The Morgan fingerprint density at radius 1 is 0.905 bits per heavy atom. The molecule has 1 aromatic heterocycles. The van der Waals surface area contributed by atoms with Crippen LogP contribution in [0.15, 0.2) is 48.5 Å². The van der Waals surface area contributed by atoms with E-state index in [0.29, 0.717) is 5.56 Å². The van der Waals surface area contributed by atoms with E-state index in [1.807, 2.05) is 30.3 Å². The molecule has 3 aromatic rings. The van der Waals surface area contributed by atoms with Crippen molar-refractivity contribution in [1.82, 2.24) is 9.97 Å². The Morgan fingerprint density at radius 2 is 1.62 bits per heavy atom. The Labute approximate surface area is 123 Å². The molecular formula is C15H8ClF3N2. The molecule has 2 aromatic carbocycles. The van der Waals surface area contributed by atoms with Crippen molar-refractivity contribution in [1.29, 1.82) is 0 Å². The maximum atomic E-state index is 12.8. The molecule has 6 heteroatoms. The first kappa shape index (κ1) is 13.8. The molecule has 0 N–H and O–H groups in total. The fourth-order valence-electron chi connectivity index (χ4n) is 2.15. The van der Waals surface area contributed by atoms with E-state index in [0.717, 1.165) is 16.8 Å². The second kappa shape index (κ2) is 5.00. The summed E-state index contributed by atoms with van der Waals surface area (Å²) in [6, 6.07) is 13.7. The molecule has 0 fully saturated rings. The predicted octanol–water partition coefficient (Wildman–Crippen LogP) is 4.97. The molecule has 0 saturated carbocycles. The highest BCUT2D eigenvalue weighted by Crippen LogP contribution is 2.33. The number of fused-ring (bicyclic) bond motifs is 1.